The van der Waals surface area contributed by atoms with Gasteiger partial charge in [-0.2, -0.15) is 4.31 Å². The first-order chi connectivity index (χ1) is 8.66. The lowest BCUT2D eigenvalue weighted by Gasteiger charge is -2.40. The van der Waals surface area contributed by atoms with Gasteiger partial charge in [0.15, 0.2) is 0 Å². The van der Waals surface area contributed by atoms with E-state index in [0.717, 1.165) is 19.5 Å². The Balaban J connectivity index is 1.86. The van der Waals surface area contributed by atoms with Gasteiger partial charge in [0.1, 0.15) is 0 Å². The second-order valence-corrected chi connectivity index (χ2v) is 7.20. The molecule has 2 atom stereocenters. The van der Waals surface area contributed by atoms with Crippen LogP contribution in [0.4, 0.5) is 0 Å². The minimum atomic E-state index is -3.30. The summed E-state index contributed by atoms with van der Waals surface area (Å²) in [5.41, 5.74) is 0. The summed E-state index contributed by atoms with van der Waals surface area (Å²) in [6, 6.07) is 8.75. The van der Waals surface area contributed by atoms with E-state index in [0.29, 0.717) is 29.8 Å². The zero-order valence-corrected chi connectivity index (χ0v) is 11.1. The van der Waals surface area contributed by atoms with Crippen LogP contribution in [0.2, 0.25) is 0 Å². The Morgan fingerprint density at radius 1 is 1.06 bits per heavy atom. The predicted molar refractivity (Wildman–Crippen MR) is 69.7 cm³/mol. The molecule has 0 spiro atoms. The number of benzene rings is 1. The third-order valence-corrected chi connectivity index (χ3v) is 5.68. The van der Waals surface area contributed by atoms with Gasteiger partial charge in [-0.3, -0.25) is 0 Å². The van der Waals surface area contributed by atoms with E-state index >= 15 is 0 Å². The fourth-order valence-electron chi connectivity index (χ4n) is 3.00. The predicted octanol–water partition coefficient (Wildman–Crippen LogP) is 0.917. The first kappa shape index (κ1) is 12.1. The SMILES string of the molecule is O=S(=O)(c1ccccc1)N1C[C@@H]2CNC[C@@H](C2)C1. The van der Waals surface area contributed by atoms with Crippen molar-refractivity contribution >= 4 is 10.0 Å². The molecule has 2 aliphatic rings. The van der Waals surface area contributed by atoms with Crippen LogP contribution in [-0.2, 0) is 10.0 Å². The van der Waals surface area contributed by atoms with Crippen LogP contribution >= 0.6 is 0 Å². The van der Waals surface area contributed by atoms with E-state index in [1.165, 1.54) is 0 Å². The number of hydrogen-bond acceptors (Lipinski definition) is 3. The van der Waals surface area contributed by atoms with Crippen LogP contribution < -0.4 is 5.32 Å². The van der Waals surface area contributed by atoms with Gasteiger partial charge in [0.2, 0.25) is 10.0 Å². The molecule has 3 rings (SSSR count). The smallest absolute Gasteiger partial charge is 0.243 e. The lowest BCUT2D eigenvalue weighted by Crippen LogP contribution is -2.52. The van der Waals surface area contributed by atoms with Crippen molar-refractivity contribution < 1.29 is 8.42 Å². The van der Waals surface area contributed by atoms with Gasteiger partial charge in [0, 0.05) is 13.1 Å². The highest BCUT2D eigenvalue weighted by Crippen LogP contribution is 2.28. The van der Waals surface area contributed by atoms with E-state index in [4.69, 9.17) is 0 Å². The van der Waals surface area contributed by atoms with Gasteiger partial charge >= 0.3 is 0 Å². The monoisotopic (exact) mass is 266 g/mol. The summed E-state index contributed by atoms with van der Waals surface area (Å²) in [4.78, 5) is 0.415. The summed E-state index contributed by atoms with van der Waals surface area (Å²) >= 11 is 0. The maximum Gasteiger partial charge on any atom is 0.243 e. The molecule has 2 fully saturated rings. The first-order valence-corrected chi connectivity index (χ1v) is 7.86. The normalized spacial score (nSPS) is 29.1. The third kappa shape index (κ3) is 2.18. The summed E-state index contributed by atoms with van der Waals surface area (Å²) in [5, 5.41) is 3.38. The summed E-state index contributed by atoms with van der Waals surface area (Å²) in [7, 11) is -3.30. The molecule has 2 aliphatic heterocycles. The second kappa shape index (κ2) is 4.64. The maximum atomic E-state index is 12.5. The Morgan fingerprint density at radius 3 is 2.28 bits per heavy atom. The first-order valence-electron chi connectivity index (χ1n) is 6.42. The van der Waals surface area contributed by atoms with Crippen LogP contribution in [-0.4, -0.2) is 38.9 Å². The molecule has 1 N–H and O–H groups in total. The molecule has 2 saturated heterocycles. The van der Waals surface area contributed by atoms with Gasteiger partial charge in [0.25, 0.3) is 0 Å². The highest BCUT2D eigenvalue weighted by molar-refractivity contribution is 7.89. The quantitative estimate of drug-likeness (QED) is 0.866. The average molecular weight is 266 g/mol. The van der Waals surface area contributed by atoms with E-state index in [9.17, 15) is 8.42 Å². The molecule has 2 heterocycles. The highest BCUT2D eigenvalue weighted by Gasteiger charge is 2.36. The fraction of sp³-hybridized carbons (Fsp3) is 0.538. The lowest BCUT2D eigenvalue weighted by atomic mass is 9.87. The van der Waals surface area contributed by atoms with Gasteiger partial charge in [-0.1, -0.05) is 18.2 Å². The Morgan fingerprint density at radius 2 is 1.67 bits per heavy atom. The van der Waals surface area contributed by atoms with Gasteiger partial charge < -0.3 is 5.32 Å². The molecule has 1 aromatic carbocycles. The Labute approximate surface area is 108 Å². The molecule has 0 aliphatic carbocycles. The molecular formula is C13H18N2O2S. The van der Waals surface area contributed by atoms with Crippen molar-refractivity contribution in [1.29, 1.82) is 0 Å². The molecule has 1 aromatic rings. The molecule has 0 radical (unpaired) electrons. The Kier molecular flexibility index (Phi) is 3.13. The van der Waals surface area contributed by atoms with Crippen molar-refractivity contribution in [3.05, 3.63) is 30.3 Å². The minimum Gasteiger partial charge on any atom is -0.316 e. The van der Waals surface area contributed by atoms with Gasteiger partial charge in [-0.05, 0) is 43.5 Å². The summed E-state index contributed by atoms with van der Waals surface area (Å²) < 4.78 is 26.7. The van der Waals surface area contributed by atoms with Crippen molar-refractivity contribution in [3.63, 3.8) is 0 Å². The molecule has 18 heavy (non-hydrogen) atoms. The van der Waals surface area contributed by atoms with Crippen molar-refractivity contribution in [2.45, 2.75) is 11.3 Å². The number of fused-ring (bicyclic) bond motifs is 2. The highest BCUT2D eigenvalue weighted by atomic mass is 32.2. The molecule has 0 unspecified atom stereocenters. The zero-order chi connectivity index (χ0) is 12.6. The molecule has 0 aromatic heterocycles. The summed E-state index contributed by atoms with van der Waals surface area (Å²) in [5.74, 6) is 0.937. The van der Waals surface area contributed by atoms with E-state index in [1.807, 2.05) is 6.07 Å². The zero-order valence-electron chi connectivity index (χ0n) is 10.2. The van der Waals surface area contributed by atoms with Crippen LogP contribution in [0.1, 0.15) is 6.42 Å². The molecule has 2 bridgehead atoms. The summed E-state index contributed by atoms with van der Waals surface area (Å²) in [6.07, 6.45) is 1.16. The number of hydrogen-bond donors (Lipinski definition) is 1. The lowest BCUT2D eigenvalue weighted by molar-refractivity contribution is 0.158. The van der Waals surface area contributed by atoms with Crippen molar-refractivity contribution in [1.82, 2.24) is 9.62 Å². The van der Waals surface area contributed by atoms with E-state index in [1.54, 1.807) is 28.6 Å². The van der Waals surface area contributed by atoms with E-state index in [-0.39, 0.29) is 0 Å². The van der Waals surface area contributed by atoms with Gasteiger partial charge in [-0.15, -0.1) is 0 Å². The van der Waals surface area contributed by atoms with Gasteiger partial charge in [0.05, 0.1) is 4.90 Å². The number of rotatable bonds is 2. The number of piperidine rings is 2. The Hall–Kier alpha value is -0.910. The van der Waals surface area contributed by atoms with E-state index in [2.05, 4.69) is 5.32 Å². The molecular weight excluding hydrogens is 248 g/mol. The van der Waals surface area contributed by atoms with Crippen molar-refractivity contribution in [2.24, 2.45) is 11.8 Å². The standard InChI is InChI=1S/C13H18N2O2S/c16-18(17,13-4-2-1-3-5-13)15-9-11-6-12(10-15)8-14-7-11/h1-5,11-12,14H,6-10H2/t11-,12+. The second-order valence-electron chi connectivity index (χ2n) is 5.26. The largest absolute Gasteiger partial charge is 0.316 e. The fourth-order valence-corrected chi connectivity index (χ4v) is 4.61. The molecule has 4 nitrogen and oxygen atoms in total. The van der Waals surface area contributed by atoms with Crippen molar-refractivity contribution in [3.8, 4) is 0 Å². The maximum absolute atomic E-state index is 12.5. The van der Waals surface area contributed by atoms with Crippen LogP contribution in [0.25, 0.3) is 0 Å². The topological polar surface area (TPSA) is 49.4 Å². The van der Waals surface area contributed by atoms with Gasteiger partial charge in [-0.25, -0.2) is 8.42 Å². The number of nitrogens with zero attached hydrogens (tertiary/aromatic N) is 1. The van der Waals surface area contributed by atoms with Crippen LogP contribution in [0, 0.1) is 11.8 Å². The van der Waals surface area contributed by atoms with E-state index < -0.39 is 10.0 Å². The Bertz CT molecular complexity index is 503. The molecule has 0 amide bonds. The summed E-state index contributed by atoms with van der Waals surface area (Å²) in [6.45, 7) is 3.19. The van der Waals surface area contributed by atoms with Crippen LogP contribution in [0.15, 0.2) is 35.2 Å². The van der Waals surface area contributed by atoms with Crippen LogP contribution in [0.3, 0.4) is 0 Å². The number of sulfonamides is 1. The van der Waals surface area contributed by atoms with Crippen LogP contribution in [0.5, 0.6) is 0 Å². The van der Waals surface area contributed by atoms with Crippen molar-refractivity contribution in [2.75, 3.05) is 26.2 Å². The minimum absolute atomic E-state index is 0.415. The molecule has 5 heteroatoms. The number of nitrogens with one attached hydrogen (secondary N) is 1. The third-order valence-electron chi connectivity index (χ3n) is 3.84. The molecule has 98 valence electrons. The average Bonchev–Trinajstić information content (AvgIpc) is 2.39. The molecule has 0 saturated carbocycles.